The number of carboxylic acid groups (broad SMARTS) is 1. The number of carbonyl (C=O) groups excluding carboxylic acids is 1. The number of likely N-dealkylation sites (tertiary alicyclic amines) is 1. The number of carbonyl (C=O) groups is 2. The van der Waals surface area contributed by atoms with Gasteiger partial charge in [-0.3, -0.25) is 4.79 Å². The van der Waals surface area contributed by atoms with Gasteiger partial charge in [0.25, 0.3) is 0 Å². The Hall–Kier alpha value is -1.26. The minimum absolute atomic E-state index is 0.198. The minimum atomic E-state index is -1.00. The van der Waals surface area contributed by atoms with Gasteiger partial charge in [-0.15, -0.1) is 0 Å². The molecule has 16 heavy (non-hydrogen) atoms. The molecule has 0 aliphatic carbocycles. The van der Waals surface area contributed by atoms with Crippen molar-refractivity contribution in [3.63, 3.8) is 0 Å². The Morgan fingerprint density at radius 1 is 1.38 bits per heavy atom. The molecule has 1 aliphatic rings. The highest BCUT2D eigenvalue weighted by Crippen LogP contribution is 2.16. The fraction of sp³-hybridized carbons (Fsp3) is 0.818. The van der Waals surface area contributed by atoms with Crippen molar-refractivity contribution in [2.24, 2.45) is 0 Å². The topological polar surface area (TPSA) is 69.6 Å². The molecule has 0 aromatic carbocycles. The van der Waals surface area contributed by atoms with Crippen LogP contribution < -0.4 is 5.32 Å². The molecule has 2 unspecified atom stereocenters. The van der Waals surface area contributed by atoms with Crippen molar-refractivity contribution >= 4 is 12.0 Å². The first-order chi connectivity index (χ1) is 7.52. The number of nitrogens with one attached hydrogen (secondary N) is 1. The van der Waals surface area contributed by atoms with Crippen LogP contribution in [0.3, 0.4) is 0 Å². The molecule has 1 aliphatic heterocycles. The number of amides is 2. The Bertz CT molecular complexity index is 268. The van der Waals surface area contributed by atoms with Crippen molar-refractivity contribution in [1.82, 2.24) is 10.2 Å². The molecule has 2 N–H and O–H groups in total. The van der Waals surface area contributed by atoms with Crippen LogP contribution >= 0.6 is 0 Å². The molecule has 2 atom stereocenters. The molecule has 0 saturated carbocycles. The average Bonchev–Trinajstić information content (AvgIpc) is 2.42. The van der Waals surface area contributed by atoms with E-state index in [1.165, 1.54) is 6.92 Å². The zero-order valence-corrected chi connectivity index (χ0v) is 9.90. The molecule has 1 fully saturated rings. The summed E-state index contributed by atoms with van der Waals surface area (Å²) in [5, 5.41) is 11.2. The quantitative estimate of drug-likeness (QED) is 0.751. The van der Waals surface area contributed by atoms with Gasteiger partial charge in [0.1, 0.15) is 6.04 Å². The predicted octanol–water partition coefficient (Wildman–Crippen LogP) is 1.43. The summed E-state index contributed by atoms with van der Waals surface area (Å²) in [7, 11) is 0. The van der Waals surface area contributed by atoms with Crippen LogP contribution in [0.1, 0.15) is 39.5 Å². The zero-order chi connectivity index (χ0) is 12.1. The fourth-order valence-corrected chi connectivity index (χ4v) is 1.91. The van der Waals surface area contributed by atoms with Gasteiger partial charge in [0.15, 0.2) is 0 Å². The van der Waals surface area contributed by atoms with E-state index in [9.17, 15) is 9.59 Å². The van der Waals surface area contributed by atoms with Crippen molar-refractivity contribution < 1.29 is 14.7 Å². The van der Waals surface area contributed by atoms with Crippen molar-refractivity contribution in [2.75, 3.05) is 6.54 Å². The maximum Gasteiger partial charge on any atom is 0.325 e. The molecular formula is C11H20N2O3. The summed E-state index contributed by atoms with van der Waals surface area (Å²) in [5.41, 5.74) is 0. The Kier molecular flexibility index (Phi) is 4.58. The minimum Gasteiger partial charge on any atom is -0.480 e. The molecule has 5 heteroatoms. The summed E-state index contributed by atoms with van der Waals surface area (Å²) in [5.74, 6) is -1.00. The van der Waals surface area contributed by atoms with Crippen LogP contribution in [0, 0.1) is 0 Å². The van der Waals surface area contributed by atoms with Crippen molar-refractivity contribution in [1.29, 1.82) is 0 Å². The monoisotopic (exact) mass is 228 g/mol. The summed E-state index contributed by atoms with van der Waals surface area (Å²) in [6.07, 6.45) is 4.27. The second kappa shape index (κ2) is 5.72. The van der Waals surface area contributed by atoms with Gasteiger partial charge in [0.05, 0.1) is 0 Å². The Morgan fingerprint density at radius 3 is 2.69 bits per heavy atom. The molecule has 0 aromatic heterocycles. The summed E-state index contributed by atoms with van der Waals surface area (Å²) in [6, 6.07) is -0.893. The third-order valence-electron chi connectivity index (χ3n) is 3.02. The lowest BCUT2D eigenvalue weighted by molar-refractivity contribution is -0.138. The Morgan fingerprint density at radius 2 is 2.06 bits per heavy atom. The molecule has 1 heterocycles. The van der Waals surface area contributed by atoms with E-state index >= 15 is 0 Å². The van der Waals surface area contributed by atoms with E-state index in [4.69, 9.17) is 5.11 Å². The molecule has 0 aromatic rings. The molecular weight excluding hydrogens is 208 g/mol. The number of hydrogen-bond acceptors (Lipinski definition) is 2. The maximum absolute atomic E-state index is 11.8. The van der Waals surface area contributed by atoms with Crippen LogP contribution in [0.25, 0.3) is 0 Å². The van der Waals surface area contributed by atoms with Gasteiger partial charge < -0.3 is 15.3 Å². The van der Waals surface area contributed by atoms with E-state index in [1.54, 1.807) is 4.90 Å². The lowest BCUT2D eigenvalue weighted by atomic mass is 10.1. The number of hydrogen-bond donors (Lipinski definition) is 2. The average molecular weight is 228 g/mol. The lowest BCUT2D eigenvalue weighted by Gasteiger charge is -2.28. The molecule has 92 valence electrons. The molecule has 1 saturated heterocycles. The first kappa shape index (κ1) is 12.8. The van der Waals surface area contributed by atoms with E-state index < -0.39 is 12.0 Å². The van der Waals surface area contributed by atoms with Gasteiger partial charge in [0.2, 0.25) is 0 Å². The van der Waals surface area contributed by atoms with Crippen LogP contribution in [0.15, 0.2) is 0 Å². The van der Waals surface area contributed by atoms with Gasteiger partial charge in [-0.25, -0.2) is 4.79 Å². The largest absolute Gasteiger partial charge is 0.480 e. The molecule has 2 amide bonds. The van der Waals surface area contributed by atoms with Gasteiger partial charge in [0, 0.05) is 12.6 Å². The summed E-state index contributed by atoms with van der Waals surface area (Å²) >= 11 is 0. The van der Waals surface area contributed by atoms with E-state index in [0.29, 0.717) is 0 Å². The summed E-state index contributed by atoms with van der Waals surface area (Å²) in [4.78, 5) is 24.2. The van der Waals surface area contributed by atoms with Crippen molar-refractivity contribution in [3.8, 4) is 0 Å². The summed E-state index contributed by atoms with van der Waals surface area (Å²) < 4.78 is 0. The number of aliphatic carboxylic acids is 1. The second-order valence-electron chi connectivity index (χ2n) is 4.40. The molecule has 1 rings (SSSR count). The van der Waals surface area contributed by atoms with Crippen LogP contribution in [0.4, 0.5) is 4.79 Å². The highest BCUT2D eigenvalue weighted by atomic mass is 16.4. The van der Waals surface area contributed by atoms with E-state index in [1.807, 2.05) is 6.92 Å². The van der Waals surface area contributed by atoms with Crippen LogP contribution in [0.5, 0.6) is 0 Å². The lowest BCUT2D eigenvalue weighted by Crippen LogP contribution is -2.49. The second-order valence-corrected chi connectivity index (χ2v) is 4.40. The van der Waals surface area contributed by atoms with Gasteiger partial charge in [-0.2, -0.15) is 0 Å². The smallest absolute Gasteiger partial charge is 0.325 e. The first-order valence-corrected chi connectivity index (χ1v) is 5.82. The van der Waals surface area contributed by atoms with Gasteiger partial charge in [-0.05, 0) is 26.7 Å². The maximum atomic E-state index is 11.8. The number of urea groups is 1. The SMILES string of the molecule is CC(NC(=O)N1CCCCCC1C)C(=O)O. The van der Waals surface area contributed by atoms with E-state index in [-0.39, 0.29) is 12.1 Å². The van der Waals surface area contributed by atoms with Gasteiger partial charge >= 0.3 is 12.0 Å². The van der Waals surface area contributed by atoms with Crippen molar-refractivity contribution in [2.45, 2.75) is 51.6 Å². The standard InChI is InChI=1S/C11H20N2O3/c1-8-6-4-3-5-7-13(8)11(16)12-9(2)10(14)15/h8-9H,3-7H2,1-2H3,(H,12,16)(H,14,15). The predicted molar refractivity (Wildman–Crippen MR) is 60.3 cm³/mol. The Balaban J connectivity index is 2.53. The first-order valence-electron chi connectivity index (χ1n) is 5.82. The van der Waals surface area contributed by atoms with Crippen LogP contribution in [-0.4, -0.2) is 40.6 Å². The molecule has 0 radical (unpaired) electrons. The van der Waals surface area contributed by atoms with Crippen LogP contribution in [-0.2, 0) is 4.79 Å². The molecule has 5 nitrogen and oxygen atoms in total. The van der Waals surface area contributed by atoms with E-state index in [2.05, 4.69) is 5.32 Å². The summed E-state index contributed by atoms with van der Waals surface area (Å²) in [6.45, 7) is 4.21. The fourth-order valence-electron chi connectivity index (χ4n) is 1.91. The van der Waals surface area contributed by atoms with Gasteiger partial charge in [-0.1, -0.05) is 12.8 Å². The number of carboxylic acids is 1. The zero-order valence-electron chi connectivity index (χ0n) is 9.90. The number of nitrogens with zero attached hydrogens (tertiary/aromatic N) is 1. The normalized spacial score (nSPS) is 23.4. The van der Waals surface area contributed by atoms with Crippen molar-refractivity contribution in [3.05, 3.63) is 0 Å². The van der Waals surface area contributed by atoms with E-state index in [0.717, 1.165) is 32.2 Å². The molecule has 0 spiro atoms. The Labute approximate surface area is 95.8 Å². The van der Waals surface area contributed by atoms with Crippen LogP contribution in [0.2, 0.25) is 0 Å². The molecule has 0 bridgehead atoms. The third-order valence-corrected chi connectivity index (χ3v) is 3.02. The highest BCUT2D eigenvalue weighted by molar-refractivity contribution is 5.82. The highest BCUT2D eigenvalue weighted by Gasteiger charge is 2.24. The third kappa shape index (κ3) is 3.40. The number of rotatable bonds is 2.